The fourth-order valence-corrected chi connectivity index (χ4v) is 1.93. The second-order valence-electron chi connectivity index (χ2n) is 4.03. The molecule has 0 amide bonds. The Kier molecular flexibility index (Phi) is 9.92. The molecule has 0 aromatic heterocycles. The average Bonchev–Trinajstić information content (AvgIpc) is 2.28. The topological polar surface area (TPSA) is 58.7 Å². The van der Waals surface area contributed by atoms with Gasteiger partial charge in [0.1, 0.15) is 0 Å². The molecule has 3 N–H and O–H groups in total. The summed E-state index contributed by atoms with van der Waals surface area (Å²) in [6.45, 7) is 9.51. The van der Waals surface area contributed by atoms with Crippen LogP contribution in [-0.2, 0) is 4.74 Å². The number of nitrogens with zero attached hydrogens (tertiary/aromatic N) is 1. The quantitative estimate of drug-likeness (QED) is 0.548. The predicted octanol–water partition coefficient (Wildman–Crippen LogP) is 0.833. The lowest BCUT2D eigenvalue weighted by Gasteiger charge is -2.33. The van der Waals surface area contributed by atoms with Crippen molar-refractivity contribution in [1.29, 1.82) is 0 Å². The molecule has 4 heteroatoms. The zero-order valence-electron chi connectivity index (χ0n) is 11.0. The van der Waals surface area contributed by atoms with Crippen molar-refractivity contribution in [3.05, 3.63) is 0 Å². The third-order valence-corrected chi connectivity index (χ3v) is 2.91. The van der Waals surface area contributed by atoms with E-state index in [2.05, 4.69) is 18.7 Å². The van der Waals surface area contributed by atoms with E-state index in [-0.39, 0.29) is 18.7 Å². The largest absolute Gasteiger partial charge is 0.395 e. The molecular weight excluding hydrogens is 204 g/mol. The number of hydrogen-bond donors (Lipinski definition) is 2. The minimum absolute atomic E-state index is 0.0524. The molecule has 0 aromatic rings. The molecule has 0 saturated carbocycles. The van der Waals surface area contributed by atoms with Crippen LogP contribution in [0.2, 0.25) is 0 Å². The molecule has 16 heavy (non-hydrogen) atoms. The summed E-state index contributed by atoms with van der Waals surface area (Å²) in [4.78, 5) is 2.20. The molecule has 0 saturated heterocycles. The van der Waals surface area contributed by atoms with E-state index in [1.54, 1.807) is 0 Å². The van der Waals surface area contributed by atoms with Crippen LogP contribution in [0, 0.1) is 0 Å². The van der Waals surface area contributed by atoms with Crippen LogP contribution in [0.4, 0.5) is 0 Å². The Labute approximate surface area is 99.8 Å². The number of rotatable bonds is 10. The summed E-state index contributed by atoms with van der Waals surface area (Å²) in [6.07, 6.45) is 2.01. The Hall–Kier alpha value is -0.160. The Balaban J connectivity index is 4.14. The zero-order valence-corrected chi connectivity index (χ0v) is 11.0. The molecule has 0 aliphatic heterocycles. The third-order valence-electron chi connectivity index (χ3n) is 2.91. The third kappa shape index (κ3) is 5.80. The van der Waals surface area contributed by atoms with E-state index in [0.717, 1.165) is 32.5 Å². The highest BCUT2D eigenvalue weighted by molar-refractivity contribution is 4.81. The Morgan fingerprint density at radius 1 is 1.31 bits per heavy atom. The van der Waals surface area contributed by atoms with Crippen molar-refractivity contribution in [2.24, 2.45) is 5.73 Å². The van der Waals surface area contributed by atoms with E-state index in [1.165, 1.54) is 0 Å². The summed E-state index contributed by atoms with van der Waals surface area (Å²) < 4.78 is 5.34. The molecule has 0 aromatic carbocycles. The van der Waals surface area contributed by atoms with Gasteiger partial charge in [-0.05, 0) is 19.9 Å². The second kappa shape index (κ2) is 10.0. The number of likely N-dealkylation sites (N-methyl/N-ethyl adjacent to an activating group) is 1. The summed E-state index contributed by atoms with van der Waals surface area (Å²) in [7, 11) is 0. The fraction of sp³-hybridized carbons (Fsp3) is 1.00. The van der Waals surface area contributed by atoms with Gasteiger partial charge in [-0.1, -0.05) is 20.3 Å². The number of aliphatic hydroxyl groups excluding tert-OH is 1. The molecule has 0 fully saturated rings. The highest BCUT2D eigenvalue weighted by atomic mass is 16.5. The maximum atomic E-state index is 9.42. The van der Waals surface area contributed by atoms with Gasteiger partial charge in [0, 0.05) is 25.2 Å². The van der Waals surface area contributed by atoms with Gasteiger partial charge in [0.2, 0.25) is 0 Å². The molecule has 0 rings (SSSR count). The number of aliphatic hydroxyl groups is 1. The van der Waals surface area contributed by atoms with E-state index in [4.69, 9.17) is 10.5 Å². The number of hydrogen-bond acceptors (Lipinski definition) is 4. The van der Waals surface area contributed by atoms with Crippen molar-refractivity contribution < 1.29 is 9.84 Å². The summed E-state index contributed by atoms with van der Waals surface area (Å²) in [5.74, 6) is 0. The first-order valence-electron chi connectivity index (χ1n) is 6.39. The maximum Gasteiger partial charge on any atom is 0.0601 e. The molecule has 2 unspecified atom stereocenters. The lowest BCUT2D eigenvalue weighted by Crippen LogP contribution is -2.51. The highest BCUT2D eigenvalue weighted by Crippen LogP contribution is 2.07. The van der Waals surface area contributed by atoms with Crippen molar-refractivity contribution in [3.63, 3.8) is 0 Å². The summed E-state index contributed by atoms with van der Waals surface area (Å²) >= 11 is 0. The van der Waals surface area contributed by atoms with Crippen LogP contribution in [-0.4, -0.2) is 55.0 Å². The zero-order chi connectivity index (χ0) is 12.4. The first-order chi connectivity index (χ1) is 7.71. The minimum atomic E-state index is 0.0524. The van der Waals surface area contributed by atoms with E-state index in [1.807, 2.05) is 6.92 Å². The first-order valence-corrected chi connectivity index (χ1v) is 6.39. The van der Waals surface area contributed by atoms with Gasteiger partial charge >= 0.3 is 0 Å². The normalized spacial score (nSPS) is 15.4. The van der Waals surface area contributed by atoms with Crippen LogP contribution in [0.3, 0.4) is 0 Å². The van der Waals surface area contributed by atoms with Gasteiger partial charge < -0.3 is 15.6 Å². The van der Waals surface area contributed by atoms with Gasteiger partial charge in [0.05, 0.1) is 13.2 Å². The second-order valence-corrected chi connectivity index (χ2v) is 4.03. The first kappa shape index (κ1) is 15.8. The standard InChI is InChI=1S/C12H28N2O2/c1-4-7-11(13)12(10-15)14(5-2)8-9-16-6-3/h11-12,15H,4-10,13H2,1-3H3. The van der Waals surface area contributed by atoms with Gasteiger partial charge in [-0.2, -0.15) is 0 Å². The van der Waals surface area contributed by atoms with Gasteiger partial charge in [0.15, 0.2) is 0 Å². The molecule has 98 valence electrons. The van der Waals surface area contributed by atoms with Crippen LogP contribution >= 0.6 is 0 Å². The smallest absolute Gasteiger partial charge is 0.0601 e. The van der Waals surface area contributed by atoms with Crippen molar-refractivity contribution in [1.82, 2.24) is 4.90 Å². The van der Waals surface area contributed by atoms with Gasteiger partial charge in [-0.3, -0.25) is 4.90 Å². The fourth-order valence-electron chi connectivity index (χ4n) is 1.93. The highest BCUT2D eigenvalue weighted by Gasteiger charge is 2.22. The molecule has 0 heterocycles. The lowest BCUT2D eigenvalue weighted by atomic mass is 10.0. The number of nitrogens with two attached hydrogens (primary N) is 1. The lowest BCUT2D eigenvalue weighted by molar-refractivity contribution is 0.0636. The van der Waals surface area contributed by atoms with Crippen molar-refractivity contribution in [3.8, 4) is 0 Å². The predicted molar refractivity (Wildman–Crippen MR) is 67.5 cm³/mol. The van der Waals surface area contributed by atoms with Crippen LogP contribution in [0.15, 0.2) is 0 Å². The molecule has 0 radical (unpaired) electrons. The van der Waals surface area contributed by atoms with Crippen molar-refractivity contribution in [2.45, 2.75) is 45.7 Å². The molecule has 0 bridgehead atoms. The van der Waals surface area contributed by atoms with Crippen LogP contribution in [0.1, 0.15) is 33.6 Å². The summed E-state index contributed by atoms with van der Waals surface area (Å²) in [6, 6.07) is 0.113. The van der Waals surface area contributed by atoms with E-state index in [0.29, 0.717) is 6.61 Å². The van der Waals surface area contributed by atoms with Crippen LogP contribution < -0.4 is 5.73 Å². The van der Waals surface area contributed by atoms with E-state index >= 15 is 0 Å². The molecule has 0 spiro atoms. The average molecular weight is 232 g/mol. The van der Waals surface area contributed by atoms with Gasteiger partial charge in [-0.25, -0.2) is 0 Å². The van der Waals surface area contributed by atoms with E-state index in [9.17, 15) is 5.11 Å². The molecular formula is C12H28N2O2. The van der Waals surface area contributed by atoms with Gasteiger partial charge in [-0.15, -0.1) is 0 Å². The van der Waals surface area contributed by atoms with Gasteiger partial charge in [0.25, 0.3) is 0 Å². The molecule has 4 nitrogen and oxygen atoms in total. The molecule has 0 aliphatic carbocycles. The van der Waals surface area contributed by atoms with E-state index < -0.39 is 0 Å². The number of ether oxygens (including phenoxy) is 1. The Morgan fingerprint density at radius 3 is 2.44 bits per heavy atom. The van der Waals surface area contributed by atoms with Crippen molar-refractivity contribution in [2.75, 3.05) is 32.9 Å². The Morgan fingerprint density at radius 2 is 2.00 bits per heavy atom. The summed E-state index contributed by atoms with van der Waals surface area (Å²) in [5.41, 5.74) is 6.08. The van der Waals surface area contributed by atoms with Crippen molar-refractivity contribution >= 4 is 0 Å². The monoisotopic (exact) mass is 232 g/mol. The summed E-state index contributed by atoms with van der Waals surface area (Å²) in [5, 5.41) is 9.42. The molecule has 2 atom stereocenters. The maximum absolute atomic E-state index is 9.42. The Bertz CT molecular complexity index is 156. The molecule has 0 aliphatic rings. The SMILES string of the molecule is CCCC(N)C(CO)N(CC)CCOCC. The minimum Gasteiger partial charge on any atom is -0.395 e. The van der Waals surface area contributed by atoms with Crippen LogP contribution in [0.5, 0.6) is 0 Å². The van der Waals surface area contributed by atoms with Crippen LogP contribution in [0.25, 0.3) is 0 Å².